The molecule has 12 nitrogen and oxygen atoms in total. The molecule has 4 unspecified atom stereocenters. The zero-order chi connectivity index (χ0) is 25.4. The molecule has 2 aliphatic carbocycles. The SMILES string of the molecule is CC(C)OOC1(C(=O)O)C(C)(C)C1(OOC(C)C)C(=O)O.CC1(C)C(C(=O)O)C1C(=O)O. The van der Waals surface area contributed by atoms with Gasteiger partial charge in [-0.15, -0.1) is 0 Å². The first kappa shape index (κ1) is 27.8. The summed E-state index contributed by atoms with van der Waals surface area (Å²) in [5.74, 6) is -6.43. The summed E-state index contributed by atoms with van der Waals surface area (Å²) < 4.78 is 0. The van der Waals surface area contributed by atoms with E-state index in [9.17, 15) is 29.4 Å². The Morgan fingerprint density at radius 3 is 1.09 bits per heavy atom. The van der Waals surface area contributed by atoms with Gasteiger partial charge in [0.25, 0.3) is 11.2 Å². The molecule has 4 atom stereocenters. The van der Waals surface area contributed by atoms with Crippen LogP contribution >= 0.6 is 0 Å². The van der Waals surface area contributed by atoms with Gasteiger partial charge in [0.05, 0.1) is 29.5 Å². The van der Waals surface area contributed by atoms with Crippen LogP contribution in [0.25, 0.3) is 0 Å². The van der Waals surface area contributed by atoms with Crippen LogP contribution in [0, 0.1) is 22.7 Å². The molecule has 2 fully saturated rings. The largest absolute Gasteiger partial charge is 0.481 e. The lowest BCUT2D eigenvalue weighted by atomic mass is 10.1. The summed E-state index contributed by atoms with van der Waals surface area (Å²) in [4.78, 5) is 64.0. The van der Waals surface area contributed by atoms with E-state index in [1.807, 2.05) is 0 Å². The Bertz CT molecular complexity index is 711. The molecule has 0 aliphatic heterocycles. The highest BCUT2D eigenvalue weighted by Crippen LogP contribution is 2.69. The van der Waals surface area contributed by atoms with Crippen LogP contribution in [-0.4, -0.2) is 67.7 Å². The Balaban J connectivity index is 0.000000389. The van der Waals surface area contributed by atoms with E-state index in [4.69, 9.17) is 29.8 Å². The van der Waals surface area contributed by atoms with Crippen LogP contribution in [0.2, 0.25) is 0 Å². The summed E-state index contributed by atoms with van der Waals surface area (Å²) in [6, 6.07) is 0. The number of carboxylic acid groups (broad SMARTS) is 4. The molecular weight excluding hydrogens is 432 g/mol. The average Bonchev–Trinajstić information content (AvgIpc) is 3.35. The van der Waals surface area contributed by atoms with Gasteiger partial charge in [-0.05, 0) is 33.1 Å². The van der Waals surface area contributed by atoms with E-state index in [1.165, 1.54) is 13.8 Å². The Morgan fingerprint density at radius 1 is 0.656 bits per heavy atom. The molecule has 0 bridgehead atoms. The van der Waals surface area contributed by atoms with E-state index in [0.29, 0.717) is 0 Å². The van der Waals surface area contributed by atoms with Gasteiger partial charge in [0.15, 0.2) is 0 Å². The molecule has 0 amide bonds. The number of rotatable bonds is 10. The molecule has 2 aliphatic rings. The van der Waals surface area contributed by atoms with Gasteiger partial charge in [-0.1, -0.05) is 27.7 Å². The van der Waals surface area contributed by atoms with E-state index >= 15 is 0 Å². The highest BCUT2D eigenvalue weighted by molar-refractivity contribution is 6.01. The predicted octanol–water partition coefficient (Wildman–Crippen LogP) is 1.81. The van der Waals surface area contributed by atoms with Gasteiger partial charge in [-0.25, -0.2) is 29.1 Å². The van der Waals surface area contributed by atoms with Crippen molar-refractivity contribution in [1.29, 1.82) is 0 Å². The molecule has 0 radical (unpaired) electrons. The van der Waals surface area contributed by atoms with Crippen molar-refractivity contribution >= 4 is 23.9 Å². The minimum Gasteiger partial charge on any atom is -0.481 e. The van der Waals surface area contributed by atoms with Crippen LogP contribution in [0.1, 0.15) is 55.4 Å². The van der Waals surface area contributed by atoms with Crippen molar-refractivity contribution in [2.45, 2.75) is 78.8 Å². The molecule has 12 heteroatoms. The van der Waals surface area contributed by atoms with E-state index in [0.717, 1.165) is 0 Å². The normalized spacial score (nSPS) is 31.4. The third-order valence-corrected chi connectivity index (χ3v) is 5.89. The highest BCUT2D eigenvalue weighted by atomic mass is 17.2. The number of aliphatic carboxylic acids is 4. The second kappa shape index (κ2) is 8.93. The number of hydrogen-bond donors (Lipinski definition) is 4. The molecule has 4 N–H and O–H groups in total. The second-order valence-electron chi connectivity index (χ2n) is 9.51. The Hall–Kier alpha value is -2.28. The molecule has 0 aromatic carbocycles. The lowest BCUT2D eigenvalue weighted by Gasteiger charge is -2.19. The van der Waals surface area contributed by atoms with E-state index in [2.05, 4.69) is 0 Å². The molecule has 0 heterocycles. The summed E-state index contributed by atoms with van der Waals surface area (Å²) in [5, 5.41) is 36.1. The average molecular weight is 464 g/mol. The molecule has 0 spiro atoms. The third-order valence-electron chi connectivity index (χ3n) is 5.89. The molecule has 32 heavy (non-hydrogen) atoms. The number of carboxylic acids is 4. The number of carbonyl (C=O) groups is 4. The fraction of sp³-hybridized carbons (Fsp3) is 0.800. The molecule has 0 aromatic heterocycles. The molecule has 2 rings (SSSR count). The Morgan fingerprint density at radius 2 is 0.938 bits per heavy atom. The van der Waals surface area contributed by atoms with E-state index < -0.39 is 70.0 Å². The van der Waals surface area contributed by atoms with Crippen LogP contribution < -0.4 is 0 Å². The first-order valence-electron chi connectivity index (χ1n) is 9.97. The molecular formula is C20H32O12. The Kier molecular flexibility index (Phi) is 7.74. The van der Waals surface area contributed by atoms with Crippen molar-refractivity contribution in [2.24, 2.45) is 22.7 Å². The zero-order valence-electron chi connectivity index (χ0n) is 19.4. The minimum atomic E-state index is -2.20. The zero-order valence-corrected chi connectivity index (χ0v) is 19.4. The molecule has 2 saturated carbocycles. The van der Waals surface area contributed by atoms with Crippen LogP contribution in [-0.2, 0) is 38.7 Å². The van der Waals surface area contributed by atoms with Crippen molar-refractivity contribution in [3.63, 3.8) is 0 Å². The minimum absolute atomic E-state index is 0.449. The summed E-state index contributed by atoms with van der Waals surface area (Å²) in [6.45, 7) is 12.6. The molecule has 0 aromatic rings. The molecule has 184 valence electrons. The van der Waals surface area contributed by atoms with E-state index in [1.54, 1.807) is 41.5 Å². The highest BCUT2D eigenvalue weighted by Gasteiger charge is 2.97. The maximum atomic E-state index is 11.7. The summed E-state index contributed by atoms with van der Waals surface area (Å²) in [7, 11) is 0. The topological polar surface area (TPSA) is 186 Å². The first-order chi connectivity index (χ1) is 14.4. The van der Waals surface area contributed by atoms with Crippen molar-refractivity contribution in [2.75, 3.05) is 0 Å². The summed E-state index contributed by atoms with van der Waals surface area (Å²) >= 11 is 0. The quantitative estimate of drug-likeness (QED) is 0.272. The fourth-order valence-electron chi connectivity index (χ4n) is 3.92. The monoisotopic (exact) mass is 464 g/mol. The van der Waals surface area contributed by atoms with Crippen LogP contribution in [0.5, 0.6) is 0 Å². The van der Waals surface area contributed by atoms with Gasteiger partial charge in [-0.2, -0.15) is 0 Å². The van der Waals surface area contributed by atoms with Crippen LogP contribution in [0.15, 0.2) is 0 Å². The lowest BCUT2D eigenvalue weighted by Crippen LogP contribution is -2.44. The van der Waals surface area contributed by atoms with E-state index in [-0.39, 0.29) is 0 Å². The van der Waals surface area contributed by atoms with Gasteiger partial charge in [0, 0.05) is 0 Å². The van der Waals surface area contributed by atoms with Gasteiger partial charge < -0.3 is 20.4 Å². The number of hydrogen-bond acceptors (Lipinski definition) is 8. The lowest BCUT2D eigenvalue weighted by molar-refractivity contribution is -0.395. The van der Waals surface area contributed by atoms with Gasteiger partial charge in [-0.3, -0.25) is 9.59 Å². The van der Waals surface area contributed by atoms with Crippen molar-refractivity contribution in [3.8, 4) is 0 Å². The van der Waals surface area contributed by atoms with Crippen molar-refractivity contribution < 1.29 is 59.2 Å². The standard InChI is InChI=1S/C13H22O8.C7H10O4/c1-7(2)18-20-12(9(14)15)11(5,6)13(12,10(16)17)21-19-8(3)4;1-7(2)3(5(8)9)4(7)6(10)11/h7-8H,1-6H3,(H,14,15)(H,16,17);3-4H,1-2H3,(H,8,9)(H,10,11). The predicted molar refractivity (Wildman–Crippen MR) is 105 cm³/mol. The fourth-order valence-corrected chi connectivity index (χ4v) is 3.92. The smallest absolute Gasteiger partial charge is 0.344 e. The summed E-state index contributed by atoms with van der Waals surface area (Å²) in [5.41, 5.74) is -6.38. The molecule has 0 saturated heterocycles. The maximum absolute atomic E-state index is 11.7. The Labute approximate surface area is 185 Å². The first-order valence-corrected chi connectivity index (χ1v) is 9.97. The van der Waals surface area contributed by atoms with Crippen molar-refractivity contribution in [1.82, 2.24) is 0 Å². The van der Waals surface area contributed by atoms with Gasteiger partial charge >= 0.3 is 23.9 Å². The van der Waals surface area contributed by atoms with Gasteiger partial charge in [0.2, 0.25) is 0 Å². The van der Waals surface area contributed by atoms with Crippen LogP contribution in [0.3, 0.4) is 0 Å². The third kappa shape index (κ3) is 4.19. The maximum Gasteiger partial charge on any atom is 0.344 e. The second-order valence-corrected chi connectivity index (χ2v) is 9.51. The van der Waals surface area contributed by atoms with Crippen molar-refractivity contribution in [3.05, 3.63) is 0 Å². The van der Waals surface area contributed by atoms with Crippen LogP contribution in [0.4, 0.5) is 0 Å². The van der Waals surface area contributed by atoms with Gasteiger partial charge in [0.1, 0.15) is 0 Å². The summed E-state index contributed by atoms with van der Waals surface area (Å²) in [6.07, 6.45) is -0.898.